The molecule has 0 radical (unpaired) electrons. The summed E-state index contributed by atoms with van der Waals surface area (Å²) in [4.78, 5) is 15.2. The number of nitrogens with zero attached hydrogens (tertiary/aromatic N) is 1. The van der Waals surface area contributed by atoms with Crippen molar-refractivity contribution >= 4 is 44.9 Å². The van der Waals surface area contributed by atoms with Crippen molar-refractivity contribution in [3.63, 3.8) is 0 Å². The zero-order valence-electron chi connectivity index (χ0n) is 9.78. The molecule has 0 unspecified atom stereocenters. The fourth-order valence-corrected chi connectivity index (χ4v) is 2.18. The van der Waals surface area contributed by atoms with Gasteiger partial charge >= 0.3 is 0 Å². The van der Waals surface area contributed by atoms with Crippen LogP contribution in [0.1, 0.15) is 17.3 Å². The molecule has 0 fully saturated rings. The molecule has 2 aromatic rings. The standard InChI is InChI=1S/C13H8BrCl2NO2/c1-7(18)8-2-3-13(17-6-8)19-12-5-10(15)9(14)4-11(12)16/h2-6H,1H3. The van der Waals surface area contributed by atoms with E-state index in [0.29, 0.717) is 31.7 Å². The molecule has 19 heavy (non-hydrogen) atoms. The third-order valence-corrected chi connectivity index (χ3v) is 3.82. The van der Waals surface area contributed by atoms with Gasteiger partial charge in [-0.25, -0.2) is 4.98 Å². The molecule has 6 heteroatoms. The number of carbonyl (C=O) groups excluding carboxylic acids is 1. The van der Waals surface area contributed by atoms with Crippen molar-refractivity contribution in [3.8, 4) is 11.6 Å². The highest BCUT2D eigenvalue weighted by Crippen LogP contribution is 2.36. The predicted molar refractivity (Wildman–Crippen MR) is 78.5 cm³/mol. The van der Waals surface area contributed by atoms with Crippen molar-refractivity contribution < 1.29 is 9.53 Å². The van der Waals surface area contributed by atoms with E-state index < -0.39 is 0 Å². The number of hydrogen-bond acceptors (Lipinski definition) is 3. The van der Waals surface area contributed by atoms with Crippen LogP contribution in [0.4, 0.5) is 0 Å². The van der Waals surface area contributed by atoms with Crippen LogP contribution in [0.2, 0.25) is 10.0 Å². The van der Waals surface area contributed by atoms with Crippen LogP contribution in [0, 0.1) is 0 Å². The zero-order valence-corrected chi connectivity index (χ0v) is 12.9. The lowest BCUT2D eigenvalue weighted by Crippen LogP contribution is -1.94. The highest BCUT2D eigenvalue weighted by Gasteiger charge is 2.09. The average Bonchev–Trinajstić information content (AvgIpc) is 2.36. The molecule has 1 aromatic carbocycles. The smallest absolute Gasteiger partial charge is 0.219 e. The van der Waals surface area contributed by atoms with Crippen molar-refractivity contribution in [1.29, 1.82) is 0 Å². The second-order valence-corrected chi connectivity index (χ2v) is 5.41. The molecule has 0 atom stereocenters. The summed E-state index contributed by atoms with van der Waals surface area (Å²) < 4.78 is 6.21. The van der Waals surface area contributed by atoms with Gasteiger partial charge in [0, 0.05) is 28.4 Å². The lowest BCUT2D eigenvalue weighted by atomic mass is 10.2. The van der Waals surface area contributed by atoms with Crippen LogP contribution in [0.15, 0.2) is 34.9 Å². The largest absolute Gasteiger partial charge is 0.437 e. The third-order valence-electron chi connectivity index (χ3n) is 2.33. The van der Waals surface area contributed by atoms with Gasteiger partial charge in [0.15, 0.2) is 5.78 Å². The molecule has 0 aliphatic carbocycles. The van der Waals surface area contributed by atoms with Gasteiger partial charge in [0.25, 0.3) is 0 Å². The maximum absolute atomic E-state index is 11.1. The summed E-state index contributed by atoms with van der Waals surface area (Å²) in [6.45, 7) is 1.48. The number of carbonyl (C=O) groups is 1. The van der Waals surface area contributed by atoms with E-state index in [2.05, 4.69) is 20.9 Å². The number of hydrogen-bond donors (Lipinski definition) is 0. The quantitative estimate of drug-likeness (QED) is 0.561. The molecule has 98 valence electrons. The van der Waals surface area contributed by atoms with Gasteiger partial charge in [-0.2, -0.15) is 0 Å². The van der Waals surface area contributed by atoms with Crippen molar-refractivity contribution in [2.24, 2.45) is 0 Å². The number of benzene rings is 1. The van der Waals surface area contributed by atoms with Crippen LogP contribution in [0.25, 0.3) is 0 Å². The van der Waals surface area contributed by atoms with Gasteiger partial charge in [0.05, 0.1) is 10.0 Å². The molecule has 2 rings (SSSR count). The van der Waals surface area contributed by atoms with Crippen LogP contribution in [0.3, 0.4) is 0 Å². The van der Waals surface area contributed by atoms with Crippen LogP contribution in [-0.2, 0) is 0 Å². The van der Waals surface area contributed by atoms with Gasteiger partial charge < -0.3 is 4.74 Å². The lowest BCUT2D eigenvalue weighted by Gasteiger charge is -2.08. The maximum Gasteiger partial charge on any atom is 0.219 e. The topological polar surface area (TPSA) is 39.2 Å². The number of ether oxygens (including phenoxy) is 1. The fraction of sp³-hybridized carbons (Fsp3) is 0.0769. The van der Waals surface area contributed by atoms with Crippen molar-refractivity contribution in [2.75, 3.05) is 0 Å². The Morgan fingerprint density at radius 1 is 1.26 bits per heavy atom. The van der Waals surface area contributed by atoms with Crippen molar-refractivity contribution in [1.82, 2.24) is 4.98 Å². The first-order valence-corrected chi connectivity index (χ1v) is 6.81. The summed E-state index contributed by atoms with van der Waals surface area (Å²) in [5.41, 5.74) is 0.521. The van der Waals surface area contributed by atoms with E-state index in [0.717, 1.165) is 0 Å². The summed E-state index contributed by atoms with van der Waals surface area (Å²) in [6, 6.07) is 6.47. The van der Waals surface area contributed by atoms with E-state index in [1.54, 1.807) is 24.3 Å². The normalized spacial score (nSPS) is 10.3. The second-order valence-electron chi connectivity index (χ2n) is 3.74. The molecule has 0 saturated carbocycles. The molecular weight excluding hydrogens is 353 g/mol. The van der Waals surface area contributed by atoms with Gasteiger partial charge in [0.2, 0.25) is 5.88 Å². The molecule has 0 N–H and O–H groups in total. The highest BCUT2D eigenvalue weighted by molar-refractivity contribution is 9.10. The highest BCUT2D eigenvalue weighted by atomic mass is 79.9. The first-order chi connectivity index (χ1) is 8.97. The van der Waals surface area contributed by atoms with Gasteiger partial charge in [-0.15, -0.1) is 0 Å². The van der Waals surface area contributed by atoms with Gasteiger partial charge in [-0.3, -0.25) is 4.79 Å². The SMILES string of the molecule is CC(=O)c1ccc(Oc2cc(Cl)c(Br)cc2Cl)nc1. The number of rotatable bonds is 3. The van der Waals surface area contributed by atoms with Crippen LogP contribution < -0.4 is 4.74 Å². The Labute approximate surface area is 128 Å². The molecule has 0 aliphatic heterocycles. The van der Waals surface area contributed by atoms with Gasteiger partial charge in [-0.05, 0) is 35.0 Å². The number of Topliss-reactive ketones (excluding diaryl/α,β-unsaturated/α-hetero) is 1. The van der Waals surface area contributed by atoms with E-state index >= 15 is 0 Å². The Bertz CT molecular complexity index is 629. The summed E-state index contributed by atoms with van der Waals surface area (Å²) in [6.07, 6.45) is 1.45. The molecule has 3 nitrogen and oxygen atoms in total. The van der Waals surface area contributed by atoms with E-state index in [1.807, 2.05) is 0 Å². The first-order valence-electron chi connectivity index (χ1n) is 5.27. The number of pyridine rings is 1. The first kappa shape index (κ1) is 14.3. The van der Waals surface area contributed by atoms with Crippen molar-refractivity contribution in [3.05, 3.63) is 50.5 Å². The minimum atomic E-state index is -0.0521. The van der Waals surface area contributed by atoms with Crippen LogP contribution in [0.5, 0.6) is 11.6 Å². The predicted octanol–water partition coefficient (Wildman–Crippen LogP) is 5.15. The van der Waals surface area contributed by atoms with Crippen molar-refractivity contribution in [2.45, 2.75) is 6.92 Å². The Hall–Kier alpha value is -1.10. The summed E-state index contributed by atoms with van der Waals surface area (Å²) >= 11 is 15.3. The maximum atomic E-state index is 11.1. The molecule has 0 spiro atoms. The monoisotopic (exact) mass is 359 g/mol. The zero-order chi connectivity index (χ0) is 14.0. The molecular formula is C13H8BrCl2NO2. The Kier molecular flexibility index (Phi) is 4.45. The Morgan fingerprint density at radius 2 is 2.00 bits per heavy atom. The summed E-state index contributed by atoms with van der Waals surface area (Å²) in [5.74, 6) is 0.687. The number of ketones is 1. The van der Waals surface area contributed by atoms with Gasteiger partial charge in [-0.1, -0.05) is 23.2 Å². The Balaban J connectivity index is 2.26. The third kappa shape index (κ3) is 3.47. The molecule has 0 saturated heterocycles. The van der Waals surface area contributed by atoms with E-state index in [1.165, 1.54) is 13.1 Å². The van der Waals surface area contributed by atoms with E-state index in [-0.39, 0.29) is 5.78 Å². The van der Waals surface area contributed by atoms with Gasteiger partial charge in [0.1, 0.15) is 5.75 Å². The average molecular weight is 361 g/mol. The Morgan fingerprint density at radius 3 is 2.58 bits per heavy atom. The minimum Gasteiger partial charge on any atom is -0.437 e. The molecule has 0 aliphatic rings. The van der Waals surface area contributed by atoms with Crippen LogP contribution in [-0.4, -0.2) is 10.8 Å². The molecule has 1 aromatic heterocycles. The summed E-state index contributed by atoms with van der Waals surface area (Å²) in [5, 5.41) is 0.897. The van der Waals surface area contributed by atoms with E-state index in [9.17, 15) is 4.79 Å². The molecule has 0 amide bonds. The fourth-order valence-electron chi connectivity index (χ4n) is 1.34. The van der Waals surface area contributed by atoms with E-state index in [4.69, 9.17) is 27.9 Å². The number of aromatic nitrogens is 1. The minimum absolute atomic E-state index is 0.0521. The molecule has 1 heterocycles. The summed E-state index contributed by atoms with van der Waals surface area (Å²) in [7, 11) is 0. The molecule has 0 bridgehead atoms. The van der Waals surface area contributed by atoms with Crippen LogP contribution >= 0.6 is 39.1 Å². The lowest BCUT2D eigenvalue weighted by molar-refractivity contribution is 0.101. The second kappa shape index (κ2) is 5.90. The number of halogens is 3.